The van der Waals surface area contributed by atoms with Crippen LogP contribution in [0.4, 0.5) is 11.4 Å². The number of nitro benzene ring substituents is 2. The Bertz CT molecular complexity index is 1260. The molecule has 0 saturated heterocycles. The Hall–Kier alpha value is -3.18. The van der Waals surface area contributed by atoms with Gasteiger partial charge in [0.2, 0.25) is 0 Å². The highest BCUT2D eigenvalue weighted by molar-refractivity contribution is 6.74. The van der Waals surface area contributed by atoms with E-state index in [1.807, 2.05) is 0 Å². The molecule has 0 radical (unpaired) electrons. The van der Waals surface area contributed by atoms with Gasteiger partial charge >= 0.3 is 11.4 Å². The van der Waals surface area contributed by atoms with E-state index < -0.39 is 32.6 Å². The van der Waals surface area contributed by atoms with Gasteiger partial charge in [-0.05, 0) is 48.4 Å². The number of nitrogens with zero attached hydrogens (tertiary/aromatic N) is 2. The highest BCUT2D eigenvalue weighted by atomic mass is 28.4. The summed E-state index contributed by atoms with van der Waals surface area (Å²) >= 11 is 0. The average molecular weight is 653 g/mol. The number of hydrogen-bond donors (Lipinski definition) is 1. The van der Waals surface area contributed by atoms with Crippen molar-refractivity contribution in [2.24, 2.45) is 0 Å². The summed E-state index contributed by atoms with van der Waals surface area (Å²) in [4.78, 5) is 32.6. The Morgan fingerprint density at radius 2 is 1.14 bits per heavy atom. The lowest BCUT2D eigenvalue weighted by atomic mass is 10.2. The largest absolute Gasteiger partial charge is 0.484 e. The molecule has 0 amide bonds. The SMILES string of the molecule is CC(C)(C)[Si](C)(C)OCC(=O)COc1ccccc1[N+](=O)[O-].CC(C)(C)[Si](C)(C)OCC(O)COc1ccccc1[N+](=O)[O-]. The van der Waals surface area contributed by atoms with Crippen molar-refractivity contribution >= 4 is 33.8 Å². The van der Waals surface area contributed by atoms with Gasteiger partial charge < -0.3 is 23.4 Å². The number of ketones is 1. The van der Waals surface area contributed by atoms with Gasteiger partial charge in [0.05, 0.1) is 23.1 Å². The van der Waals surface area contributed by atoms with Gasteiger partial charge in [0, 0.05) is 12.1 Å². The van der Waals surface area contributed by atoms with E-state index in [1.165, 1.54) is 24.3 Å². The zero-order valence-corrected chi connectivity index (χ0v) is 29.5. The van der Waals surface area contributed by atoms with E-state index >= 15 is 0 Å². The van der Waals surface area contributed by atoms with Crippen LogP contribution in [0, 0.1) is 20.2 Å². The molecule has 2 aromatic carbocycles. The van der Waals surface area contributed by atoms with E-state index in [9.17, 15) is 30.1 Å². The van der Waals surface area contributed by atoms with E-state index in [-0.39, 0.29) is 65.2 Å². The summed E-state index contributed by atoms with van der Waals surface area (Å²) in [6.07, 6.45) is -0.825. The molecule has 0 aromatic heterocycles. The number of nitro groups is 2. The van der Waals surface area contributed by atoms with Crippen LogP contribution in [-0.4, -0.2) is 69.9 Å². The fourth-order valence-corrected chi connectivity index (χ4v) is 4.89. The lowest BCUT2D eigenvalue weighted by molar-refractivity contribution is -0.386. The molecular weight excluding hydrogens is 605 g/mol. The molecule has 1 unspecified atom stereocenters. The van der Waals surface area contributed by atoms with Gasteiger partial charge in [0.15, 0.2) is 33.9 Å². The minimum absolute atomic E-state index is 0.0202. The maximum atomic E-state index is 11.9. The summed E-state index contributed by atoms with van der Waals surface area (Å²) in [6, 6.07) is 12.1. The van der Waals surface area contributed by atoms with Crippen LogP contribution in [0.5, 0.6) is 11.5 Å². The van der Waals surface area contributed by atoms with Crippen LogP contribution in [0.3, 0.4) is 0 Å². The molecule has 246 valence electrons. The van der Waals surface area contributed by atoms with Gasteiger partial charge in [0.1, 0.15) is 19.3 Å². The standard InChI is InChI=1S/C15H25NO5Si.C15H23NO5Si/c2*1-15(2,3)22(4,5)21-11-12(17)10-20-14-9-7-6-8-13(14)16(18)19/h6-9,12,17H,10-11H2,1-5H3;6-9H,10-11H2,1-5H3. The lowest BCUT2D eigenvalue weighted by Gasteiger charge is -2.36. The summed E-state index contributed by atoms with van der Waals surface area (Å²) < 4.78 is 22.3. The highest BCUT2D eigenvalue weighted by Gasteiger charge is 2.38. The second-order valence-corrected chi connectivity index (χ2v) is 23.0. The first kappa shape index (κ1) is 38.8. The third-order valence-corrected chi connectivity index (χ3v) is 16.8. The van der Waals surface area contributed by atoms with Crippen LogP contribution in [0.15, 0.2) is 48.5 Å². The molecular formula is C30H48N2O10Si2. The van der Waals surface area contributed by atoms with Crippen molar-refractivity contribution in [2.45, 2.75) is 83.9 Å². The van der Waals surface area contributed by atoms with Gasteiger partial charge in [-0.1, -0.05) is 65.8 Å². The number of aliphatic hydroxyl groups is 1. The van der Waals surface area contributed by atoms with E-state index in [1.54, 1.807) is 24.3 Å². The molecule has 0 heterocycles. The quantitative estimate of drug-likeness (QED) is 0.129. The molecule has 0 spiro atoms. The Morgan fingerprint density at radius 1 is 0.727 bits per heavy atom. The molecule has 0 fully saturated rings. The first-order valence-electron chi connectivity index (χ1n) is 14.3. The zero-order chi connectivity index (χ0) is 33.9. The number of para-hydroxylation sites is 4. The van der Waals surface area contributed by atoms with Gasteiger partial charge in [0.25, 0.3) is 0 Å². The summed E-state index contributed by atoms with van der Waals surface area (Å²) in [5.41, 5.74) is -0.263. The maximum absolute atomic E-state index is 11.9. The number of ether oxygens (including phenoxy) is 2. The van der Waals surface area contributed by atoms with Crippen LogP contribution in [0.2, 0.25) is 36.3 Å². The monoisotopic (exact) mass is 652 g/mol. The van der Waals surface area contributed by atoms with E-state index in [0.29, 0.717) is 0 Å². The number of rotatable bonds is 14. The van der Waals surface area contributed by atoms with Gasteiger partial charge in [-0.15, -0.1) is 0 Å². The lowest BCUT2D eigenvalue weighted by Crippen LogP contribution is -2.43. The Morgan fingerprint density at radius 3 is 1.57 bits per heavy atom. The molecule has 1 atom stereocenters. The minimum atomic E-state index is -1.99. The number of hydrogen-bond acceptors (Lipinski definition) is 10. The normalized spacial score (nSPS) is 12.9. The summed E-state index contributed by atoms with van der Waals surface area (Å²) in [6.45, 7) is 20.8. The first-order valence-corrected chi connectivity index (χ1v) is 20.1. The number of Topliss-reactive ketones (excluding diaryl/α,β-unsaturated/α-hetero) is 1. The topological polar surface area (TPSA) is 161 Å². The van der Waals surface area contributed by atoms with Crippen LogP contribution >= 0.6 is 0 Å². The van der Waals surface area contributed by atoms with Gasteiger partial charge in [-0.25, -0.2) is 0 Å². The van der Waals surface area contributed by atoms with Crippen LogP contribution in [0.1, 0.15) is 41.5 Å². The molecule has 2 aromatic rings. The fraction of sp³-hybridized carbons (Fsp3) is 0.567. The molecule has 44 heavy (non-hydrogen) atoms. The number of carbonyl (C=O) groups is 1. The van der Waals surface area contributed by atoms with Crippen LogP contribution in [0.25, 0.3) is 0 Å². The smallest absolute Gasteiger partial charge is 0.310 e. The average Bonchev–Trinajstić information content (AvgIpc) is 2.92. The number of benzene rings is 2. The minimum Gasteiger partial charge on any atom is -0.484 e. The molecule has 14 heteroatoms. The van der Waals surface area contributed by atoms with E-state index in [0.717, 1.165) is 0 Å². The molecule has 2 rings (SSSR count). The number of aliphatic hydroxyl groups excluding tert-OH is 1. The van der Waals surface area contributed by atoms with Crippen molar-refractivity contribution in [2.75, 3.05) is 26.4 Å². The molecule has 0 aliphatic carbocycles. The van der Waals surface area contributed by atoms with Crippen molar-refractivity contribution in [3.8, 4) is 11.5 Å². The Labute approximate surface area is 262 Å². The van der Waals surface area contributed by atoms with E-state index in [2.05, 4.69) is 67.7 Å². The van der Waals surface area contributed by atoms with Gasteiger partial charge in [-0.2, -0.15) is 0 Å². The maximum Gasteiger partial charge on any atom is 0.310 e. The van der Waals surface area contributed by atoms with Crippen molar-refractivity contribution in [1.82, 2.24) is 0 Å². The molecule has 0 aliphatic rings. The van der Waals surface area contributed by atoms with Gasteiger partial charge in [-0.3, -0.25) is 25.0 Å². The van der Waals surface area contributed by atoms with Crippen molar-refractivity contribution in [3.05, 3.63) is 68.8 Å². The van der Waals surface area contributed by atoms with E-state index in [4.69, 9.17) is 18.3 Å². The molecule has 0 aliphatic heterocycles. The van der Waals surface area contributed by atoms with Crippen molar-refractivity contribution < 1.29 is 38.1 Å². The summed E-state index contributed by atoms with van der Waals surface area (Å²) in [5.74, 6) is 0.00929. The predicted molar refractivity (Wildman–Crippen MR) is 174 cm³/mol. The third kappa shape index (κ3) is 12.4. The van der Waals surface area contributed by atoms with Crippen molar-refractivity contribution in [1.29, 1.82) is 0 Å². The summed E-state index contributed by atoms with van der Waals surface area (Å²) in [7, 11) is -3.92. The fourth-order valence-electron chi connectivity index (χ4n) is 2.89. The molecule has 0 bridgehead atoms. The third-order valence-electron chi connectivity index (χ3n) is 7.79. The summed E-state index contributed by atoms with van der Waals surface area (Å²) in [5, 5.41) is 31.8. The Kier molecular flexibility index (Phi) is 14.3. The second-order valence-electron chi connectivity index (χ2n) is 13.4. The zero-order valence-electron chi connectivity index (χ0n) is 27.5. The predicted octanol–water partition coefficient (Wildman–Crippen LogP) is 6.92. The first-order chi connectivity index (χ1) is 20.1. The molecule has 1 N–H and O–H groups in total. The van der Waals surface area contributed by atoms with Crippen molar-refractivity contribution in [3.63, 3.8) is 0 Å². The number of carbonyl (C=O) groups excluding carboxylic acids is 1. The highest BCUT2D eigenvalue weighted by Crippen LogP contribution is 2.37. The molecule has 0 saturated carbocycles. The second kappa shape index (κ2) is 16.2. The van der Waals surface area contributed by atoms with Crippen LogP contribution in [-0.2, 0) is 13.6 Å². The van der Waals surface area contributed by atoms with Crippen LogP contribution < -0.4 is 9.47 Å². The Balaban J connectivity index is 0.000000440. The molecule has 12 nitrogen and oxygen atoms in total.